The van der Waals surface area contributed by atoms with Gasteiger partial charge in [-0.05, 0) is 54.2 Å². The maximum atomic E-state index is 4.48. The first-order valence-corrected chi connectivity index (χ1v) is 8.30. The fourth-order valence-electron chi connectivity index (χ4n) is 1.63. The average Bonchev–Trinajstić information content (AvgIpc) is 2.42. The third-order valence-electron chi connectivity index (χ3n) is 2.50. The monoisotopic (exact) mass is 352 g/mol. The van der Waals surface area contributed by atoms with Gasteiger partial charge in [-0.15, -0.1) is 11.8 Å². The van der Waals surface area contributed by atoms with Crippen molar-refractivity contribution in [3.05, 3.63) is 34.9 Å². The molecule has 0 unspecified atom stereocenters. The lowest BCUT2D eigenvalue weighted by molar-refractivity contribution is 0.885. The van der Waals surface area contributed by atoms with E-state index in [0.717, 1.165) is 16.0 Å². The van der Waals surface area contributed by atoms with Crippen molar-refractivity contribution in [1.29, 1.82) is 0 Å². The summed E-state index contributed by atoms with van der Waals surface area (Å²) < 4.78 is 0.856. The van der Waals surface area contributed by atoms with Crippen LogP contribution in [0.2, 0.25) is 0 Å². The molecular formula is C14H17BrN4S. The minimum Gasteiger partial charge on any atom is -0.367 e. The Morgan fingerprint density at radius 2 is 2.10 bits per heavy atom. The lowest BCUT2D eigenvalue weighted by Gasteiger charge is -2.12. The number of anilines is 3. The van der Waals surface area contributed by atoms with Gasteiger partial charge >= 0.3 is 0 Å². The molecule has 0 radical (unpaired) electrons. The molecule has 0 aliphatic heterocycles. The Morgan fingerprint density at radius 3 is 2.80 bits per heavy atom. The van der Waals surface area contributed by atoms with Gasteiger partial charge in [-0.3, -0.25) is 0 Å². The van der Waals surface area contributed by atoms with Crippen molar-refractivity contribution in [3.8, 4) is 0 Å². The molecule has 20 heavy (non-hydrogen) atoms. The third-order valence-corrected chi connectivity index (χ3v) is 3.80. The van der Waals surface area contributed by atoms with Gasteiger partial charge in [0.05, 0.1) is 4.47 Å². The van der Waals surface area contributed by atoms with Crippen LogP contribution in [0.25, 0.3) is 0 Å². The van der Waals surface area contributed by atoms with Crippen molar-refractivity contribution in [2.45, 2.75) is 24.8 Å². The molecule has 0 aliphatic rings. The normalized spacial score (nSPS) is 10.7. The maximum absolute atomic E-state index is 4.48. The van der Waals surface area contributed by atoms with Crippen LogP contribution in [-0.4, -0.2) is 22.3 Å². The van der Waals surface area contributed by atoms with E-state index in [1.54, 1.807) is 18.0 Å². The van der Waals surface area contributed by atoms with Crippen LogP contribution in [0.4, 0.5) is 17.5 Å². The molecule has 106 valence electrons. The first kappa shape index (κ1) is 15.1. The highest BCUT2D eigenvalue weighted by Gasteiger charge is 2.06. The number of aromatic nitrogens is 2. The van der Waals surface area contributed by atoms with Gasteiger partial charge in [0.1, 0.15) is 5.82 Å². The van der Waals surface area contributed by atoms with Gasteiger partial charge in [0.25, 0.3) is 0 Å². The molecule has 1 heterocycles. The molecule has 0 amide bonds. The first-order valence-electron chi connectivity index (χ1n) is 6.28. The molecule has 0 saturated heterocycles. The summed E-state index contributed by atoms with van der Waals surface area (Å²) in [6, 6.07) is 8.48. The molecular weight excluding hydrogens is 336 g/mol. The van der Waals surface area contributed by atoms with E-state index in [-0.39, 0.29) is 0 Å². The number of benzene rings is 1. The van der Waals surface area contributed by atoms with E-state index < -0.39 is 0 Å². The fourth-order valence-corrected chi connectivity index (χ4v) is 2.40. The molecule has 0 bridgehead atoms. The van der Waals surface area contributed by atoms with Crippen molar-refractivity contribution in [3.63, 3.8) is 0 Å². The molecule has 4 nitrogen and oxygen atoms in total. The molecule has 0 saturated carbocycles. The summed E-state index contributed by atoms with van der Waals surface area (Å²) in [5, 5.41) is 6.50. The lowest BCUT2D eigenvalue weighted by atomic mass is 10.3. The largest absolute Gasteiger partial charge is 0.367 e. The summed E-state index contributed by atoms with van der Waals surface area (Å²) in [6.07, 6.45) is 3.80. The van der Waals surface area contributed by atoms with Gasteiger partial charge in [0.15, 0.2) is 0 Å². The highest BCUT2D eigenvalue weighted by Crippen LogP contribution is 2.24. The number of rotatable bonds is 5. The predicted octanol–water partition coefficient (Wildman–Crippen LogP) is 4.52. The molecule has 0 fully saturated rings. The second-order valence-electron chi connectivity index (χ2n) is 4.55. The molecule has 0 aliphatic carbocycles. The molecule has 2 aromatic rings. The smallest absolute Gasteiger partial charge is 0.229 e. The van der Waals surface area contributed by atoms with E-state index in [2.05, 4.69) is 68.8 Å². The predicted molar refractivity (Wildman–Crippen MR) is 90.0 cm³/mol. The van der Waals surface area contributed by atoms with E-state index in [4.69, 9.17) is 0 Å². The van der Waals surface area contributed by atoms with Crippen molar-refractivity contribution in [2.75, 3.05) is 16.9 Å². The molecule has 0 spiro atoms. The van der Waals surface area contributed by atoms with Crippen LogP contribution in [0.15, 0.2) is 39.8 Å². The zero-order valence-corrected chi connectivity index (χ0v) is 14.0. The fraction of sp³-hybridized carbons (Fsp3) is 0.286. The van der Waals surface area contributed by atoms with E-state index in [1.165, 1.54) is 4.90 Å². The van der Waals surface area contributed by atoms with Crippen molar-refractivity contribution >= 4 is 45.1 Å². The standard InChI is InChI=1S/C14H17BrN4S/c1-9(2)17-13-12(15)8-16-14(19-13)18-10-5-4-6-11(7-10)20-3/h4-9H,1-3H3,(H2,16,17,18,19). The van der Waals surface area contributed by atoms with Crippen LogP contribution in [0.3, 0.4) is 0 Å². The highest BCUT2D eigenvalue weighted by molar-refractivity contribution is 9.10. The van der Waals surface area contributed by atoms with Crippen molar-refractivity contribution < 1.29 is 0 Å². The van der Waals surface area contributed by atoms with Crippen LogP contribution in [0, 0.1) is 0 Å². The molecule has 0 atom stereocenters. The summed E-state index contributed by atoms with van der Waals surface area (Å²) in [7, 11) is 0. The van der Waals surface area contributed by atoms with Crippen LogP contribution >= 0.6 is 27.7 Å². The number of hydrogen-bond acceptors (Lipinski definition) is 5. The molecule has 6 heteroatoms. The topological polar surface area (TPSA) is 49.8 Å². The number of nitrogens with one attached hydrogen (secondary N) is 2. The summed E-state index contributed by atoms with van der Waals surface area (Å²) in [6.45, 7) is 4.15. The Morgan fingerprint density at radius 1 is 1.30 bits per heavy atom. The Balaban J connectivity index is 2.20. The van der Waals surface area contributed by atoms with Gasteiger partial charge < -0.3 is 10.6 Å². The van der Waals surface area contributed by atoms with E-state index in [0.29, 0.717) is 12.0 Å². The minimum absolute atomic E-state index is 0.314. The second kappa shape index (κ2) is 6.95. The summed E-state index contributed by atoms with van der Waals surface area (Å²) in [5.74, 6) is 1.37. The molecule has 1 aromatic carbocycles. The van der Waals surface area contributed by atoms with Gasteiger partial charge in [-0.1, -0.05) is 6.07 Å². The summed E-state index contributed by atoms with van der Waals surface area (Å²) >= 11 is 5.16. The zero-order valence-electron chi connectivity index (χ0n) is 11.6. The third kappa shape index (κ3) is 4.11. The quantitative estimate of drug-likeness (QED) is 0.774. The Hall–Kier alpha value is -1.27. The summed E-state index contributed by atoms with van der Waals surface area (Å²) in [5.41, 5.74) is 0.981. The Labute approximate surface area is 131 Å². The van der Waals surface area contributed by atoms with E-state index in [1.807, 2.05) is 12.1 Å². The van der Waals surface area contributed by atoms with Gasteiger partial charge in [-0.2, -0.15) is 4.98 Å². The second-order valence-corrected chi connectivity index (χ2v) is 6.28. The highest BCUT2D eigenvalue weighted by atomic mass is 79.9. The van der Waals surface area contributed by atoms with Crippen LogP contribution < -0.4 is 10.6 Å². The van der Waals surface area contributed by atoms with Crippen molar-refractivity contribution in [2.24, 2.45) is 0 Å². The molecule has 2 rings (SSSR count). The SMILES string of the molecule is CSc1cccc(Nc2ncc(Br)c(NC(C)C)n2)c1. The van der Waals surface area contributed by atoms with Gasteiger partial charge in [-0.25, -0.2) is 4.98 Å². The number of hydrogen-bond donors (Lipinski definition) is 2. The minimum atomic E-state index is 0.314. The molecule has 2 N–H and O–H groups in total. The Kier molecular flexibility index (Phi) is 5.25. The average molecular weight is 353 g/mol. The maximum Gasteiger partial charge on any atom is 0.229 e. The van der Waals surface area contributed by atoms with E-state index in [9.17, 15) is 0 Å². The zero-order chi connectivity index (χ0) is 14.5. The molecule has 1 aromatic heterocycles. The summed E-state index contributed by atoms with van der Waals surface area (Å²) in [4.78, 5) is 9.96. The van der Waals surface area contributed by atoms with Gasteiger partial charge in [0, 0.05) is 22.8 Å². The first-order chi connectivity index (χ1) is 9.58. The number of thioether (sulfide) groups is 1. The van der Waals surface area contributed by atoms with Crippen molar-refractivity contribution in [1.82, 2.24) is 9.97 Å². The van der Waals surface area contributed by atoms with Gasteiger partial charge in [0.2, 0.25) is 5.95 Å². The number of halogens is 1. The Bertz CT molecular complexity index is 589. The van der Waals surface area contributed by atoms with Crippen LogP contribution in [0.5, 0.6) is 0 Å². The number of nitrogens with zero attached hydrogens (tertiary/aromatic N) is 2. The van der Waals surface area contributed by atoms with Crippen LogP contribution in [-0.2, 0) is 0 Å². The lowest BCUT2D eigenvalue weighted by Crippen LogP contribution is -2.12. The van der Waals surface area contributed by atoms with Crippen LogP contribution in [0.1, 0.15) is 13.8 Å². The van der Waals surface area contributed by atoms with E-state index >= 15 is 0 Å².